The van der Waals surface area contributed by atoms with E-state index in [1.54, 1.807) is 0 Å². The molecule has 0 atom stereocenters. The molecular formula is C29H37N3O. The fourth-order valence-electron chi connectivity index (χ4n) is 5.44. The van der Waals surface area contributed by atoms with Gasteiger partial charge in [-0.3, -0.25) is 4.79 Å². The summed E-state index contributed by atoms with van der Waals surface area (Å²) in [7, 11) is 0. The Kier molecular flexibility index (Phi) is 6.55. The van der Waals surface area contributed by atoms with Crippen LogP contribution in [0.15, 0.2) is 42.6 Å². The maximum atomic E-state index is 12.3. The number of aromatic nitrogens is 1. The molecule has 0 spiro atoms. The molecule has 1 aromatic heterocycles. The quantitative estimate of drug-likeness (QED) is 0.429. The molecule has 0 bridgehead atoms. The van der Waals surface area contributed by atoms with Crippen molar-refractivity contribution in [3.05, 3.63) is 53.7 Å². The Morgan fingerprint density at radius 1 is 1.03 bits per heavy atom. The van der Waals surface area contributed by atoms with Gasteiger partial charge < -0.3 is 15.2 Å². The van der Waals surface area contributed by atoms with Crippen molar-refractivity contribution in [3.8, 4) is 11.1 Å². The van der Waals surface area contributed by atoms with Crippen LogP contribution in [-0.4, -0.2) is 23.6 Å². The monoisotopic (exact) mass is 443 g/mol. The molecule has 1 aliphatic carbocycles. The normalized spacial score (nSPS) is 16.9. The minimum Gasteiger partial charge on any atom is -0.347 e. The summed E-state index contributed by atoms with van der Waals surface area (Å²) in [6, 6.07) is 13.2. The third kappa shape index (κ3) is 4.86. The van der Waals surface area contributed by atoms with Gasteiger partial charge in [-0.15, -0.1) is 0 Å². The lowest BCUT2D eigenvalue weighted by molar-refractivity contribution is -0.115. The summed E-state index contributed by atoms with van der Waals surface area (Å²) in [5.74, 6) is 1.69. The molecule has 2 aliphatic rings. The van der Waals surface area contributed by atoms with Crippen LogP contribution in [-0.2, 0) is 17.8 Å². The molecule has 33 heavy (non-hydrogen) atoms. The van der Waals surface area contributed by atoms with Crippen molar-refractivity contribution in [1.29, 1.82) is 0 Å². The van der Waals surface area contributed by atoms with Gasteiger partial charge in [0, 0.05) is 41.3 Å². The van der Waals surface area contributed by atoms with Gasteiger partial charge in [0.1, 0.15) is 0 Å². The predicted molar refractivity (Wildman–Crippen MR) is 138 cm³/mol. The van der Waals surface area contributed by atoms with Crippen LogP contribution in [0.3, 0.4) is 0 Å². The van der Waals surface area contributed by atoms with E-state index in [0.717, 1.165) is 43.6 Å². The Morgan fingerprint density at radius 3 is 2.58 bits per heavy atom. The molecule has 174 valence electrons. The topological polar surface area (TPSA) is 46.1 Å². The first-order chi connectivity index (χ1) is 16.1. The van der Waals surface area contributed by atoms with Crippen LogP contribution in [0.25, 0.3) is 22.0 Å². The maximum Gasteiger partial charge on any atom is 0.224 e. The maximum absolute atomic E-state index is 12.3. The number of hydrogen-bond donors (Lipinski definition) is 2. The van der Waals surface area contributed by atoms with Crippen LogP contribution in [0.2, 0.25) is 0 Å². The number of para-hydroxylation sites is 1. The van der Waals surface area contributed by atoms with Crippen molar-refractivity contribution < 1.29 is 4.79 Å². The third-order valence-electron chi connectivity index (χ3n) is 7.69. The van der Waals surface area contributed by atoms with E-state index in [-0.39, 0.29) is 5.91 Å². The predicted octanol–water partition coefficient (Wildman–Crippen LogP) is 6.31. The average Bonchev–Trinajstić information content (AvgIpc) is 3.59. The Balaban J connectivity index is 1.53. The van der Waals surface area contributed by atoms with E-state index < -0.39 is 0 Å². The molecule has 5 rings (SSSR count). The summed E-state index contributed by atoms with van der Waals surface area (Å²) in [5, 5.41) is 8.00. The van der Waals surface area contributed by atoms with Gasteiger partial charge in [-0.1, -0.05) is 31.2 Å². The molecule has 4 heteroatoms. The fourth-order valence-corrected chi connectivity index (χ4v) is 5.44. The lowest BCUT2D eigenvalue weighted by atomic mass is 9.87. The van der Waals surface area contributed by atoms with Gasteiger partial charge in [-0.2, -0.15) is 0 Å². The van der Waals surface area contributed by atoms with Crippen molar-refractivity contribution in [3.63, 3.8) is 0 Å². The van der Waals surface area contributed by atoms with Gasteiger partial charge in [-0.25, -0.2) is 0 Å². The second-order valence-corrected chi connectivity index (χ2v) is 10.1. The highest BCUT2D eigenvalue weighted by Crippen LogP contribution is 2.39. The number of hydrogen-bond acceptors (Lipinski definition) is 2. The van der Waals surface area contributed by atoms with Gasteiger partial charge in [0.25, 0.3) is 0 Å². The van der Waals surface area contributed by atoms with Gasteiger partial charge in [0.2, 0.25) is 5.91 Å². The minimum atomic E-state index is 0.0892. The molecule has 0 radical (unpaired) electrons. The lowest BCUT2D eigenvalue weighted by Gasteiger charge is -2.24. The number of anilines is 1. The number of benzene rings is 2. The van der Waals surface area contributed by atoms with Crippen molar-refractivity contribution in [1.82, 2.24) is 9.88 Å². The van der Waals surface area contributed by atoms with E-state index in [1.165, 1.54) is 65.3 Å². The fraction of sp³-hybridized carbons (Fsp3) is 0.483. The highest BCUT2D eigenvalue weighted by molar-refractivity contribution is 5.98. The molecule has 4 nitrogen and oxygen atoms in total. The van der Waals surface area contributed by atoms with Crippen molar-refractivity contribution in [2.75, 3.05) is 18.4 Å². The van der Waals surface area contributed by atoms with Gasteiger partial charge >= 0.3 is 0 Å². The standard InChI is InChI=1S/C29H37N3O/c1-3-29(33)31-27-13-12-23(20(2)24(27)11-10-21-14-16-30-17-15-21)26-19-32(18-22-8-9-22)28-7-5-4-6-25(26)28/h4-7,12-13,19,21-22,30H,3,8-11,14-18H2,1-2H3,(H,31,33). The van der Waals surface area contributed by atoms with Crippen molar-refractivity contribution in [2.24, 2.45) is 11.8 Å². The molecule has 2 fully saturated rings. The highest BCUT2D eigenvalue weighted by Gasteiger charge is 2.24. The first kappa shape index (κ1) is 22.2. The number of nitrogens with one attached hydrogen (secondary N) is 2. The Bertz CT molecular complexity index is 1140. The molecule has 1 saturated carbocycles. The second-order valence-electron chi connectivity index (χ2n) is 10.1. The van der Waals surface area contributed by atoms with E-state index >= 15 is 0 Å². The molecule has 2 heterocycles. The molecule has 2 aromatic carbocycles. The minimum absolute atomic E-state index is 0.0892. The van der Waals surface area contributed by atoms with Crippen LogP contribution in [0.4, 0.5) is 5.69 Å². The van der Waals surface area contributed by atoms with Gasteiger partial charge in [-0.05, 0) is 99.2 Å². The summed E-state index contributed by atoms with van der Waals surface area (Å²) in [5.41, 5.74) is 7.58. The van der Waals surface area contributed by atoms with Crippen molar-refractivity contribution >= 4 is 22.5 Å². The third-order valence-corrected chi connectivity index (χ3v) is 7.69. The van der Waals surface area contributed by atoms with E-state index in [4.69, 9.17) is 0 Å². The largest absolute Gasteiger partial charge is 0.347 e. The van der Waals surface area contributed by atoms with Gasteiger partial charge in [0.05, 0.1) is 0 Å². The van der Waals surface area contributed by atoms with Crippen LogP contribution >= 0.6 is 0 Å². The first-order valence-electron chi connectivity index (χ1n) is 12.8. The van der Waals surface area contributed by atoms with Crippen LogP contribution in [0.5, 0.6) is 0 Å². The Morgan fingerprint density at radius 2 is 1.82 bits per heavy atom. The number of piperidine rings is 1. The number of carbonyl (C=O) groups is 1. The molecule has 1 amide bonds. The van der Waals surface area contributed by atoms with E-state index in [2.05, 4.69) is 64.7 Å². The number of amides is 1. The summed E-state index contributed by atoms with van der Waals surface area (Å²) in [4.78, 5) is 12.3. The second kappa shape index (κ2) is 9.72. The average molecular weight is 444 g/mol. The Labute approximate surface area is 197 Å². The number of rotatable bonds is 8. The molecule has 1 aliphatic heterocycles. The molecular weight excluding hydrogens is 406 g/mol. The summed E-state index contributed by atoms with van der Waals surface area (Å²) >= 11 is 0. The number of carbonyl (C=O) groups excluding carboxylic acids is 1. The number of fused-ring (bicyclic) bond motifs is 1. The lowest BCUT2D eigenvalue weighted by Crippen LogP contribution is -2.28. The van der Waals surface area contributed by atoms with Crippen LogP contribution < -0.4 is 10.6 Å². The van der Waals surface area contributed by atoms with Gasteiger partial charge in [0.15, 0.2) is 0 Å². The number of nitrogens with zero attached hydrogens (tertiary/aromatic N) is 1. The highest BCUT2D eigenvalue weighted by atomic mass is 16.1. The van der Waals surface area contributed by atoms with E-state index in [9.17, 15) is 4.79 Å². The smallest absolute Gasteiger partial charge is 0.224 e. The molecule has 0 unspecified atom stereocenters. The summed E-state index contributed by atoms with van der Waals surface area (Å²) in [6.07, 6.45) is 10.3. The zero-order chi connectivity index (χ0) is 22.8. The van der Waals surface area contributed by atoms with E-state index in [0.29, 0.717) is 6.42 Å². The van der Waals surface area contributed by atoms with Crippen LogP contribution in [0.1, 0.15) is 56.6 Å². The van der Waals surface area contributed by atoms with E-state index in [1.807, 2.05) is 6.92 Å². The zero-order valence-electron chi connectivity index (χ0n) is 20.1. The zero-order valence-corrected chi connectivity index (χ0v) is 20.1. The summed E-state index contributed by atoms with van der Waals surface area (Å²) in [6.45, 7) is 7.54. The Hall–Kier alpha value is -2.59. The summed E-state index contributed by atoms with van der Waals surface area (Å²) < 4.78 is 2.46. The first-order valence-corrected chi connectivity index (χ1v) is 12.8. The molecule has 3 aromatic rings. The molecule has 1 saturated heterocycles. The van der Waals surface area contributed by atoms with Crippen LogP contribution in [0, 0.1) is 18.8 Å². The SMILES string of the molecule is CCC(=O)Nc1ccc(-c2cn(CC3CC3)c3ccccc23)c(C)c1CCC1CCNCC1. The molecule has 2 N–H and O–H groups in total. The van der Waals surface area contributed by atoms with Crippen molar-refractivity contribution in [2.45, 2.75) is 65.3 Å².